The molecule has 4 heterocycles. The standard InChI is InChI=1S/C45H26N4O2/c1-2-10-27(11-3-1)28-18-21-32-31-12-4-7-15-37(31)49(38(32)24-28)45-47-43(29-19-22-35-33-13-5-8-16-39(33)50-41(35)25-29)46-44(48-45)30-20-23-36-34-14-6-9-17-40(34)51-42(36)26-30/h1-26H/i1D,2D,3D,4D,7D,10D,11D,12D,15D. The quantitative estimate of drug-likeness (QED) is 0.187. The first-order chi connectivity index (χ1) is 29.0. The molecule has 4 aromatic heterocycles. The molecule has 11 aromatic rings. The van der Waals surface area contributed by atoms with Crippen molar-refractivity contribution >= 4 is 65.7 Å². The van der Waals surface area contributed by atoms with Gasteiger partial charge in [-0.2, -0.15) is 9.97 Å². The van der Waals surface area contributed by atoms with E-state index in [0.29, 0.717) is 33.2 Å². The number of hydrogen-bond acceptors (Lipinski definition) is 5. The SMILES string of the molecule is [2H]c1c([2H])c([2H])c(-c2ccc3c4c([2H])c([2H])c([2H])c([2H])c4n(-c4nc(-c5ccc6c(c5)oc5ccccc56)nc(-c5ccc6c(c5)oc5ccccc56)n4)c3c2)c([2H])c1[2H]. The zero-order valence-electron chi connectivity index (χ0n) is 35.4. The monoisotopic (exact) mass is 663 g/mol. The van der Waals surface area contributed by atoms with E-state index in [1.165, 1.54) is 4.57 Å². The fourth-order valence-electron chi connectivity index (χ4n) is 6.93. The van der Waals surface area contributed by atoms with Crippen molar-refractivity contribution in [3.63, 3.8) is 0 Å². The Kier molecular flexibility index (Phi) is 4.30. The summed E-state index contributed by atoms with van der Waals surface area (Å²) in [7, 11) is 0. The van der Waals surface area contributed by atoms with E-state index in [0.717, 1.165) is 32.7 Å². The smallest absolute Gasteiger partial charge is 0.238 e. The van der Waals surface area contributed by atoms with Crippen LogP contribution >= 0.6 is 0 Å². The molecule has 6 heteroatoms. The van der Waals surface area contributed by atoms with Crippen LogP contribution in [0.5, 0.6) is 0 Å². The van der Waals surface area contributed by atoms with Gasteiger partial charge >= 0.3 is 0 Å². The Labute approximate surface area is 303 Å². The normalized spacial score (nSPS) is 14.4. The van der Waals surface area contributed by atoms with Crippen LogP contribution in [0.15, 0.2) is 166 Å². The molecule has 0 saturated carbocycles. The Hall–Kier alpha value is -7.05. The number of rotatable bonds is 4. The Morgan fingerprint density at radius 1 is 0.412 bits per heavy atom. The van der Waals surface area contributed by atoms with E-state index in [4.69, 9.17) is 34.8 Å². The molecule has 0 aliphatic rings. The topological polar surface area (TPSA) is 69.9 Å². The molecule has 0 radical (unpaired) electrons. The van der Waals surface area contributed by atoms with E-state index < -0.39 is 42.3 Å². The molecule has 11 rings (SSSR count). The number of fused-ring (bicyclic) bond motifs is 9. The molecule has 0 aliphatic carbocycles. The lowest BCUT2D eigenvalue weighted by molar-refractivity contribution is 0.668. The molecule has 0 saturated heterocycles. The average molecular weight is 664 g/mol. The molecule has 51 heavy (non-hydrogen) atoms. The van der Waals surface area contributed by atoms with Crippen molar-refractivity contribution in [2.45, 2.75) is 0 Å². The Bertz CT molecular complexity index is 3530. The number of hydrogen-bond donors (Lipinski definition) is 0. The summed E-state index contributed by atoms with van der Waals surface area (Å²) < 4.78 is 91.8. The third kappa shape index (κ3) is 4.33. The molecular formula is C45H26N4O2. The van der Waals surface area contributed by atoms with Crippen molar-refractivity contribution in [1.29, 1.82) is 0 Å². The minimum atomic E-state index is -0.528. The van der Waals surface area contributed by atoms with Crippen LogP contribution in [-0.4, -0.2) is 19.5 Å². The van der Waals surface area contributed by atoms with E-state index in [2.05, 4.69) is 0 Å². The summed E-state index contributed by atoms with van der Waals surface area (Å²) in [6, 6.07) is 27.7. The molecule has 0 bridgehead atoms. The lowest BCUT2D eigenvalue weighted by Crippen LogP contribution is -2.06. The zero-order valence-corrected chi connectivity index (χ0v) is 26.4. The van der Waals surface area contributed by atoms with Gasteiger partial charge in [0.15, 0.2) is 11.6 Å². The number of aromatic nitrogens is 4. The number of para-hydroxylation sites is 3. The summed E-state index contributed by atoms with van der Waals surface area (Å²) in [6.07, 6.45) is 0. The maximum Gasteiger partial charge on any atom is 0.238 e. The minimum Gasteiger partial charge on any atom is -0.456 e. The third-order valence-corrected chi connectivity index (χ3v) is 9.29. The summed E-state index contributed by atoms with van der Waals surface area (Å²) in [6.45, 7) is 0. The van der Waals surface area contributed by atoms with Gasteiger partial charge in [0.05, 0.1) is 23.4 Å². The van der Waals surface area contributed by atoms with Gasteiger partial charge in [-0.1, -0.05) is 109 Å². The molecule has 0 aliphatic heterocycles. The highest BCUT2D eigenvalue weighted by atomic mass is 16.3. The van der Waals surface area contributed by atoms with Gasteiger partial charge in [0.2, 0.25) is 5.95 Å². The van der Waals surface area contributed by atoms with Crippen molar-refractivity contribution in [2.75, 3.05) is 0 Å². The fraction of sp³-hybridized carbons (Fsp3) is 0. The second-order valence-corrected chi connectivity index (χ2v) is 12.2. The highest BCUT2D eigenvalue weighted by Gasteiger charge is 2.20. The molecule has 0 fully saturated rings. The van der Waals surface area contributed by atoms with Gasteiger partial charge in [-0.15, -0.1) is 0 Å². The van der Waals surface area contributed by atoms with Crippen LogP contribution in [0.2, 0.25) is 0 Å². The van der Waals surface area contributed by atoms with Crippen LogP contribution in [0.25, 0.3) is 106 Å². The molecule has 0 spiro atoms. The number of benzene rings is 7. The third-order valence-electron chi connectivity index (χ3n) is 9.29. The zero-order chi connectivity index (χ0) is 41.3. The lowest BCUT2D eigenvalue weighted by atomic mass is 10.0. The van der Waals surface area contributed by atoms with E-state index in [1.807, 2.05) is 84.9 Å². The van der Waals surface area contributed by atoms with Crippen molar-refractivity contribution in [1.82, 2.24) is 19.5 Å². The highest BCUT2D eigenvalue weighted by Crippen LogP contribution is 2.37. The van der Waals surface area contributed by atoms with Crippen LogP contribution in [0, 0.1) is 0 Å². The van der Waals surface area contributed by atoms with E-state index in [-0.39, 0.29) is 51.7 Å². The van der Waals surface area contributed by atoms with Crippen molar-refractivity contribution < 1.29 is 21.2 Å². The van der Waals surface area contributed by atoms with Crippen molar-refractivity contribution in [3.05, 3.63) is 158 Å². The van der Waals surface area contributed by atoms with Crippen LogP contribution in [-0.2, 0) is 0 Å². The molecule has 0 atom stereocenters. The summed E-state index contributed by atoms with van der Waals surface area (Å²) >= 11 is 0. The molecule has 6 nitrogen and oxygen atoms in total. The van der Waals surface area contributed by atoms with Gasteiger partial charge < -0.3 is 8.83 Å². The maximum atomic E-state index is 9.20. The van der Waals surface area contributed by atoms with Gasteiger partial charge in [-0.3, -0.25) is 4.57 Å². The first-order valence-corrected chi connectivity index (χ1v) is 16.2. The summed E-state index contributed by atoms with van der Waals surface area (Å²) in [5.74, 6) is 0.479. The minimum absolute atomic E-state index is 0.00708. The van der Waals surface area contributed by atoms with Crippen LogP contribution < -0.4 is 0 Å². The molecular weight excluding hydrogens is 629 g/mol. The van der Waals surface area contributed by atoms with Crippen molar-refractivity contribution in [2.24, 2.45) is 0 Å². The van der Waals surface area contributed by atoms with Crippen LogP contribution in [0.3, 0.4) is 0 Å². The van der Waals surface area contributed by atoms with Gasteiger partial charge in [-0.25, -0.2) is 4.98 Å². The van der Waals surface area contributed by atoms with Gasteiger partial charge in [0.1, 0.15) is 22.3 Å². The molecule has 238 valence electrons. The second-order valence-electron chi connectivity index (χ2n) is 12.2. The summed E-state index contributed by atoms with van der Waals surface area (Å²) in [5.41, 5.74) is 4.42. The number of furan rings is 2. The summed E-state index contributed by atoms with van der Waals surface area (Å²) in [4.78, 5) is 15.0. The second kappa shape index (κ2) is 10.7. The van der Waals surface area contributed by atoms with E-state index in [9.17, 15) is 1.37 Å². The van der Waals surface area contributed by atoms with E-state index in [1.54, 1.807) is 18.2 Å². The van der Waals surface area contributed by atoms with Crippen molar-refractivity contribution in [3.8, 4) is 39.9 Å². The lowest BCUT2D eigenvalue weighted by Gasteiger charge is -2.11. The molecule has 7 aromatic carbocycles. The molecule has 0 N–H and O–H groups in total. The Morgan fingerprint density at radius 2 is 0.961 bits per heavy atom. The van der Waals surface area contributed by atoms with Gasteiger partial charge in [0, 0.05) is 43.4 Å². The van der Waals surface area contributed by atoms with Gasteiger partial charge in [-0.05, 0) is 59.6 Å². The fourth-order valence-corrected chi connectivity index (χ4v) is 6.93. The number of nitrogens with zero attached hydrogens (tertiary/aromatic N) is 4. The highest BCUT2D eigenvalue weighted by molar-refractivity contribution is 6.10. The maximum absolute atomic E-state index is 9.20. The Morgan fingerprint density at radius 3 is 1.63 bits per heavy atom. The predicted octanol–water partition coefficient (Wildman–Crippen LogP) is 11.8. The van der Waals surface area contributed by atoms with Crippen LogP contribution in [0.4, 0.5) is 0 Å². The molecule has 0 unspecified atom stereocenters. The predicted molar refractivity (Wildman–Crippen MR) is 205 cm³/mol. The van der Waals surface area contributed by atoms with E-state index >= 15 is 0 Å². The largest absolute Gasteiger partial charge is 0.456 e. The Balaban J connectivity index is 1.23. The average Bonchev–Trinajstić information content (AvgIpc) is 3.95. The molecule has 0 amide bonds. The first-order valence-electron chi connectivity index (χ1n) is 20.7. The summed E-state index contributed by atoms with van der Waals surface area (Å²) in [5, 5.41) is 4.30. The first kappa shape index (κ1) is 20.5. The van der Waals surface area contributed by atoms with Crippen LogP contribution in [0.1, 0.15) is 12.3 Å². The van der Waals surface area contributed by atoms with Gasteiger partial charge in [0.25, 0.3) is 0 Å².